The van der Waals surface area contributed by atoms with Crippen LogP contribution in [-0.4, -0.2) is 13.1 Å². The summed E-state index contributed by atoms with van der Waals surface area (Å²) < 4.78 is 0. The van der Waals surface area contributed by atoms with Crippen molar-refractivity contribution >= 4 is 29.3 Å². The Hall–Kier alpha value is -0.500. The highest BCUT2D eigenvalue weighted by atomic mass is 35.5. The predicted octanol–water partition coefficient (Wildman–Crippen LogP) is 4.40. The quantitative estimate of drug-likeness (QED) is 0.825. The van der Waals surface area contributed by atoms with E-state index >= 15 is 0 Å². The second kappa shape index (κ2) is 6.95. The maximum atomic E-state index is 5.97. The molecule has 0 saturated carbocycles. The summed E-state index contributed by atoms with van der Waals surface area (Å²) in [6.07, 6.45) is 3.19. The number of likely N-dealkylation sites (N-methyl/N-ethyl adjacent to an activating group) is 1. The van der Waals surface area contributed by atoms with Crippen molar-refractivity contribution < 1.29 is 0 Å². The van der Waals surface area contributed by atoms with Gasteiger partial charge in [0.25, 0.3) is 0 Å². The molecule has 0 aliphatic carbocycles. The molecule has 0 unspecified atom stereocenters. The number of hydrogen-bond donors (Lipinski definition) is 1. The normalized spacial score (nSPS) is 11.9. The molecule has 0 heterocycles. The average Bonchev–Trinajstić information content (AvgIpc) is 2.29. The lowest BCUT2D eigenvalue weighted by Gasteiger charge is -2.06. The fourth-order valence-electron chi connectivity index (χ4n) is 1.40. The first kappa shape index (κ1) is 13.6. The molecule has 0 aliphatic rings. The van der Waals surface area contributed by atoms with Gasteiger partial charge in [0.15, 0.2) is 0 Å². The van der Waals surface area contributed by atoms with E-state index in [0.717, 1.165) is 25.1 Å². The summed E-state index contributed by atoms with van der Waals surface area (Å²) in [6.45, 7) is 6.17. The van der Waals surface area contributed by atoms with Crippen molar-refractivity contribution in [2.75, 3.05) is 13.1 Å². The van der Waals surface area contributed by atoms with Crippen LogP contribution >= 0.6 is 23.2 Å². The fraction of sp³-hybridized carbons (Fsp3) is 0.385. The third kappa shape index (κ3) is 4.17. The molecule has 1 aromatic rings. The SMILES string of the molecule is CCNCC(=Cc1ccc(Cl)c(Cl)c1)CC. The topological polar surface area (TPSA) is 12.0 Å². The van der Waals surface area contributed by atoms with Crippen molar-refractivity contribution in [3.63, 3.8) is 0 Å². The molecular formula is C13H17Cl2N. The van der Waals surface area contributed by atoms with E-state index in [1.165, 1.54) is 5.57 Å². The molecule has 1 rings (SSSR count). The van der Waals surface area contributed by atoms with Crippen molar-refractivity contribution in [1.29, 1.82) is 0 Å². The minimum Gasteiger partial charge on any atom is -0.313 e. The number of hydrogen-bond acceptors (Lipinski definition) is 1. The van der Waals surface area contributed by atoms with E-state index in [1.54, 1.807) is 0 Å². The number of rotatable bonds is 5. The Kier molecular flexibility index (Phi) is 5.89. The lowest BCUT2D eigenvalue weighted by molar-refractivity contribution is 0.762. The summed E-state index contributed by atoms with van der Waals surface area (Å²) in [5.74, 6) is 0. The monoisotopic (exact) mass is 257 g/mol. The Morgan fingerprint density at radius 2 is 2.00 bits per heavy atom. The molecule has 0 atom stereocenters. The zero-order valence-electron chi connectivity index (χ0n) is 9.69. The molecule has 1 N–H and O–H groups in total. The molecule has 88 valence electrons. The lowest BCUT2D eigenvalue weighted by atomic mass is 10.1. The highest BCUT2D eigenvalue weighted by molar-refractivity contribution is 6.42. The minimum atomic E-state index is 0.601. The van der Waals surface area contributed by atoms with Gasteiger partial charge in [-0.2, -0.15) is 0 Å². The lowest BCUT2D eigenvalue weighted by Crippen LogP contribution is -2.15. The van der Waals surface area contributed by atoms with E-state index in [4.69, 9.17) is 23.2 Å². The van der Waals surface area contributed by atoms with Crippen molar-refractivity contribution in [1.82, 2.24) is 5.32 Å². The van der Waals surface area contributed by atoms with Gasteiger partial charge in [0.2, 0.25) is 0 Å². The molecule has 0 amide bonds. The van der Waals surface area contributed by atoms with Crippen LogP contribution in [-0.2, 0) is 0 Å². The summed E-state index contributed by atoms with van der Waals surface area (Å²) in [6, 6.07) is 5.71. The summed E-state index contributed by atoms with van der Waals surface area (Å²) >= 11 is 11.8. The molecule has 0 aromatic heterocycles. The van der Waals surface area contributed by atoms with E-state index in [-0.39, 0.29) is 0 Å². The highest BCUT2D eigenvalue weighted by Gasteiger charge is 1.99. The standard InChI is InChI=1S/C13H17Cl2N/c1-3-10(9-16-4-2)7-11-5-6-12(14)13(15)8-11/h5-8,16H,3-4,9H2,1-2H3. The Bertz CT molecular complexity index is 372. The zero-order chi connectivity index (χ0) is 12.0. The molecular weight excluding hydrogens is 241 g/mol. The van der Waals surface area contributed by atoms with Crippen molar-refractivity contribution in [2.45, 2.75) is 20.3 Å². The van der Waals surface area contributed by atoms with Crippen molar-refractivity contribution in [3.8, 4) is 0 Å². The fourth-order valence-corrected chi connectivity index (χ4v) is 1.71. The van der Waals surface area contributed by atoms with Crippen LogP contribution < -0.4 is 5.32 Å². The Morgan fingerprint density at radius 1 is 1.25 bits per heavy atom. The van der Waals surface area contributed by atoms with Crippen LogP contribution in [0.3, 0.4) is 0 Å². The smallest absolute Gasteiger partial charge is 0.0598 e. The van der Waals surface area contributed by atoms with Gasteiger partial charge in [-0.25, -0.2) is 0 Å². The van der Waals surface area contributed by atoms with Crippen molar-refractivity contribution in [3.05, 3.63) is 39.4 Å². The first-order valence-electron chi connectivity index (χ1n) is 5.52. The van der Waals surface area contributed by atoms with Gasteiger partial charge in [-0.05, 0) is 30.7 Å². The number of benzene rings is 1. The zero-order valence-corrected chi connectivity index (χ0v) is 11.2. The molecule has 0 saturated heterocycles. The highest BCUT2D eigenvalue weighted by Crippen LogP contribution is 2.23. The largest absolute Gasteiger partial charge is 0.313 e. The van der Waals surface area contributed by atoms with Crippen LogP contribution in [0.25, 0.3) is 6.08 Å². The van der Waals surface area contributed by atoms with Crippen LogP contribution in [0.1, 0.15) is 25.8 Å². The van der Waals surface area contributed by atoms with E-state index in [9.17, 15) is 0 Å². The molecule has 0 spiro atoms. The van der Waals surface area contributed by atoms with Crippen LogP contribution in [0, 0.1) is 0 Å². The van der Waals surface area contributed by atoms with Gasteiger partial charge in [-0.1, -0.05) is 54.8 Å². The first-order valence-corrected chi connectivity index (χ1v) is 6.28. The van der Waals surface area contributed by atoms with Gasteiger partial charge in [0.05, 0.1) is 10.0 Å². The van der Waals surface area contributed by atoms with Crippen LogP contribution in [0.4, 0.5) is 0 Å². The summed E-state index contributed by atoms with van der Waals surface area (Å²) in [7, 11) is 0. The second-order valence-corrected chi connectivity index (χ2v) is 4.42. The van der Waals surface area contributed by atoms with Crippen molar-refractivity contribution in [2.24, 2.45) is 0 Å². The molecule has 0 aliphatic heterocycles. The van der Waals surface area contributed by atoms with Gasteiger partial charge < -0.3 is 5.32 Å². The third-order valence-corrected chi connectivity index (χ3v) is 3.11. The van der Waals surface area contributed by atoms with E-state index in [1.807, 2.05) is 18.2 Å². The van der Waals surface area contributed by atoms with Gasteiger partial charge >= 0.3 is 0 Å². The predicted molar refractivity (Wildman–Crippen MR) is 73.3 cm³/mol. The average molecular weight is 258 g/mol. The molecule has 0 fully saturated rings. The van der Waals surface area contributed by atoms with Gasteiger partial charge in [0, 0.05) is 6.54 Å². The molecule has 0 radical (unpaired) electrons. The van der Waals surface area contributed by atoms with E-state index < -0.39 is 0 Å². The Balaban J connectivity index is 2.82. The number of nitrogens with one attached hydrogen (secondary N) is 1. The number of halogens is 2. The van der Waals surface area contributed by atoms with Gasteiger partial charge in [-0.15, -0.1) is 0 Å². The molecule has 0 bridgehead atoms. The van der Waals surface area contributed by atoms with Crippen LogP contribution in [0.15, 0.2) is 23.8 Å². The molecule has 16 heavy (non-hydrogen) atoms. The maximum absolute atomic E-state index is 5.97. The summed E-state index contributed by atoms with van der Waals surface area (Å²) in [4.78, 5) is 0. The first-order chi connectivity index (χ1) is 7.67. The summed E-state index contributed by atoms with van der Waals surface area (Å²) in [5.41, 5.74) is 2.46. The third-order valence-electron chi connectivity index (χ3n) is 2.37. The van der Waals surface area contributed by atoms with Crippen LogP contribution in [0.5, 0.6) is 0 Å². The molecule has 3 heteroatoms. The van der Waals surface area contributed by atoms with E-state index in [2.05, 4.69) is 25.2 Å². The maximum Gasteiger partial charge on any atom is 0.0598 e. The Morgan fingerprint density at radius 3 is 2.56 bits per heavy atom. The van der Waals surface area contributed by atoms with Gasteiger partial charge in [-0.3, -0.25) is 0 Å². The van der Waals surface area contributed by atoms with E-state index in [0.29, 0.717) is 10.0 Å². The Labute approximate surface area is 107 Å². The molecule has 1 aromatic carbocycles. The second-order valence-electron chi connectivity index (χ2n) is 3.61. The molecule has 1 nitrogen and oxygen atoms in total. The van der Waals surface area contributed by atoms with Gasteiger partial charge in [0.1, 0.15) is 0 Å². The summed E-state index contributed by atoms with van der Waals surface area (Å²) in [5, 5.41) is 4.52. The minimum absolute atomic E-state index is 0.601. The van der Waals surface area contributed by atoms with Crippen LogP contribution in [0.2, 0.25) is 10.0 Å².